The Morgan fingerprint density at radius 1 is 1.54 bits per heavy atom. The van der Waals surface area contributed by atoms with Crippen molar-refractivity contribution >= 4 is 27.9 Å². The second-order valence-electron chi connectivity index (χ2n) is 3.65. The topological polar surface area (TPSA) is 38.0 Å². The molecule has 0 spiro atoms. The molecule has 74 valence electrons. The standard InChI is InChI=1S/C9H15ClN2S/c1-9(2,5-6-11)12-8-4-3-7(10)13-8/h3-4,12H,5-6,11H2,1-2H3. The largest absolute Gasteiger partial charge is 0.372 e. The van der Waals surface area contributed by atoms with Crippen molar-refractivity contribution in [3.8, 4) is 0 Å². The van der Waals surface area contributed by atoms with E-state index in [0.717, 1.165) is 15.8 Å². The molecule has 0 bridgehead atoms. The first-order chi connectivity index (χ1) is 6.03. The van der Waals surface area contributed by atoms with Gasteiger partial charge in [-0.1, -0.05) is 11.6 Å². The first-order valence-electron chi connectivity index (χ1n) is 4.27. The van der Waals surface area contributed by atoms with Crippen molar-refractivity contribution in [3.05, 3.63) is 16.5 Å². The quantitative estimate of drug-likeness (QED) is 0.816. The summed E-state index contributed by atoms with van der Waals surface area (Å²) in [6.45, 7) is 4.96. The zero-order valence-corrected chi connectivity index (χ0v) is 9.50. The molecule has 0 aliphatic carbocycles. The fourth-order valence-corrected chi connectivity index (χ4v) is 2.26. The highest BCUT2D eigenvalue weighted by atomic mass is 35.5. The van der Waals surface area contributed by atoms with E-state index in [1.54, 1.807) is 11.3 Å². The highest BCUT2D eigenvalue weighted by Gasteiger charge is 2.16. The van der Waals surface area contributed by atoms with Crippen molar-refractivity contribution < 1.29 is 0 Å². The molecule has 4 heteroatoms. The summed E-state index contributed by atoms with van der Waals surface area (Å²) in [5.74, 6) is 0. The van der Waals surface area contributed by atoms with E-state index in [1.807, 2.05) is 12.1 Å². The number of hydrogen-bond acceptors (Lipinski definition) is 3. The number of hydrogen-bond donors (Lipinski definition) is 2. The van der Waals surface area contributed by atoms with Crippen molar-refractivity contribution in [2.75, 3.05) is 11.9 Å². The molecule has 0 atom stereocenters. The van der Waals surface area contributed by atoms with Gasteiger partial charge in [0.1, 0.15) is 0 Å². The van der Waals surface area contributed by atoms with Crippen molar-refractivity contribution in [2.24, 2.45) is 5.73 Å². The zero-order chi connectivity index (χ0) is 9.90. The van der Waals surface area contributed by atoms with Gasteiger partial charge in [0.05, 0.1) is 9.34 Å². The summed E-state index contributed by atoms with van der Waals surface area (Å²) in [6.07, 6.45) is 0.947. The van der Waals surface area contributed by atoms with Gasteiger partial charge in [-0.25, -0.2) is 0 Å². The van der Waals surface area contributed by atoms with Crippen LogP contribution in [0.3, 0.4) is 0 Å². The fourth-order valence-electron chi connectivity index (χ4n) is 1.14. The van der Waals surface area contributed by atoms with Crippen molar-refractivity contribution in [2.45, 2.75) is 25.8 Å². The number of thiophene rings is 1. The van der Waals surface area contributed by atoms with E-state index < -0.39 is 0 Å². The van der Waals surface area contributed by atoms with E-state index in [1.165, 1.54) is 0 Å². The normalized spacial score (nSPS) is 11.7. The molecule has 1 aromatic heterocycles. The van der Waals surface area contributed by atoms with E-state index in [9.17, 15) is 0 Å². The number of halogens is 1. The second kappa shape index (κ2) is 4.31. The molecule has 1 rings (SSSR count). The van der Waals surface area contributed by atoms with E-state index in [0.29, 0.717) is 6.54 Å². The molecule has 0 radical (unpaired) electrons. The van der Waals surface area contributed by atoms with Gasteiger partial charge in [0.25, 0.3) is 0 Å². The van der Waals surface area contributed by atoms with Crippen LogP contribution >= 0.6 is 22.9 Å². The Morgan fingerprint density at radius 2 is 2.23 bits per heavy atom. The lowest BCUT2D eigenvalue weighted by Gasteiger charge is -2.25. The third-order valence-corrected chi connectivity index (χ3v) is 2.95. The number of anilines is 1. The summed E-state index contributed by atoms with van der Waals surface area (Å²) in [5, 5.41) is 4.49. The molecule has 0 saturated carbocycles. The molecule has 1 aromatic rings. The average molecular weight is 219 g/mol. The maximum absolute atomic E-state index is 5.82. The highest BCUT2D eigenvalue weighted by molar-refractivity contribution is 7.19. The Kier molecular flexibility index (Phi) is 3.59. The summed E-state index contributed by atoms with van der Waals surface area (Å²) < 4.78 is 0.811. The molecule has 0 unspecified atom stereocenters. The Labute approximate surface area is 88.1 Å². The van der Waals surface area contributed by atoms with Gasteiger partial charge in [-0.3, -0.25) is 0 Å². The number of rotatable bonds is 4. The lowest BCUT2D eigenvalue weighted by Crippen LogP contribution is -2.32. The molecule has 2 nitrogen and oxygen atoms in total. The molecule has 0 saturated heterocycles. The fraction of sp³-hybridized carbons (Fsp3) is 0.556. The Morgan fingerprint density at radius 3 is 2.69 bits per heavy atom. The van der Waals surface area contributed by atoms with Gasteiger partial charge in [0.15, 0.2) is 0 Å². The predicted molar refractivity (Wildman–Crippen MR) is 60.7 cm³/mol. The summed E-state index contributed by atoms with van der Waals surface area (Å²) in [7, 11) is 0. The van der Waals surface area contributed by atoms with Gasteiger partial charge in [-0.15, -0.1) is 11.3 Å². The molecule has 0 fully saturated rings. The van der Waals surface area contributed by atoms with Crippen LogP contribution in [0.4, 0.5) is 5.00 Å². The molecule has 0 aliphatic rings. The van der Waals surface area contributed by atoms with Crippen molar-refractivity contribution in [1.29, 1.82) is 0 Å². The van der Waals surface area contributed by atoms with E-state index in [-0.39, 0.29) is 5.54 Å². The molecule has 3 N–H and O–H groups in total. The minimum Gasteiger partial charge on any atom is -0.372 e. The molecular weight excluding hydrogens is 204 g/mol. The molecular formula is C9H15ClN2S. The zero-order valence-electron chi connectivity index (χ0n) is 7.93. The van der Waals surface area contributed by atoms with Gasteiger partial charge in [0, 0.05) is 5.54 Å². The summed E-state index contributed by atoms with van der Waals surface area (Å²) >= 11 is 7.37. The van der Waals surface area contributed by atoms with Gasteiger partial charge in [0.2, 0.25) is 0 Å². The van der Waals surface area contributed by atoms with Gasteiger partial charge in [-0.05, 0) is 38.9 Å². The van der Waals surface area contributed by atoms with Crippen LogP contribution in [0.5, 0.6) is 0 Å². The Bertz CT molecular complexity index is 270. The van der Waals surface area contributed by atoms with E-state index in [4.69, 9.17) is 17.3 Å². The van der Waals surface area contributed by atoms with E-state index in [2.05, 4.69) is 19.2 Å². The second-order valence-corrected chi connectivity index (χ2v) is 5.37. The first kappa shape index (κ1) is 10.8. The first-order valence-corrected chi connectivity index (χ1v) is 5.46. The summed E-state index contributed by atoms with van der Waals surface area (Å²) in [4.78, 5) is 0. The van der Waals surface area contributed by atoms with Crippen LogP contribution in [-0.2, 0) is 0 Å². The Balaban J connectivity index is 2.57. The SMILES string of the molecule is CC(C)(CCN)Nc1ccc(Cl)s1. The maximum atomic E-state index is 5.82. The Hall–Kier alpha value is -0.250. The van der Waals surface area contributed by atoms with Crippen LogP contribution in [0.15, 0.2) is 12.1 Å². The van der Waals surface area contributed by atoms with E-state index >= 15 is 0 Å². The van der Waals surface area contributed by atoms with Gasteiger partial charge < -0.3 is 11.1 Å². The van der Waals surface area contributed by atoms with Gasteiger partial charge >= 0.3 is 0 Å². The van der Waals surface area contributed by atoms with Crippen LogP contribution in [-0.4, -0.2) is 12.1 Å². The molecule has 0 aromatic carbocycles. The lowest BCUT2D eigenvalue weighted by atomic mass is 10.0. The molecule has 0 aliphatic heterocycles. The number of nitrogens with one attached hydrogen (secondary N) is 1. The smallest absolute Gasteiger partial charge is 0.0950 e. The van der Waals surface area contributed by atoms with Crippen LogP contribution < -0.4 is 11.1 Å². The lowest BCUT2D eigenvalue weighted by molar-refractivity contribution is 0.528. The van der Waals surface area contributed by atoms with Gasteiger partial charge in [-0.2, -0.15) is 0 Å². The number of nitrogens with two attached hydrogens (primary N) is 1. The highest BCUT2D eigenvalue weighted by Crippen LogP contribution is 2.29. The summed E-state index contributed by atoms with van der Waals surface area (Å²) in [5.41, 5.74) is 5.56. The van der Waals surface area contributed by atoms with Crippen LogP contribution in [0.1, 0.15) is 20.3 Å². The third-order valence-electron chi connectivity index (χ3n) is 1.80. The third kappa shape index (κ3) is 3.55. The average Bonchev–Trinajstić information content (AvgIpc) is 2.34. The molecule has 1 heterocycles. The molecule has 13 heavy (non-hydrogen) atoms. The summed E-state index contributed by atoms with van der Waals surface area (Å²) in [6, 6.07) is 3.89. The maximum Gasteiger partial charge on any atom is 0.0950 e. The molecule has 0 amide bonds. The minimum atomic E-state index is 0.0446. The van der Waals surface area contributed by atoms with Crippen molar-refractivity contribution in [3.63, 3.8) is 0 Å². The van der Waals surface area contributed by atoms with Crippen LogP contribution in [0.2, 0.25) is 4.34 Å². The minimum absolute atomic E-state index is 0.0446. The van der Waals surface area contributed by atoms with Crippen molar-refractivity contribution in [1.82, 2.24) is 0 Å². The monoisotopic (exact) mass is 218 g/mol. The van der Waals surface area contributed by atoms with Crippen LogP contribution in [0.25, 0.3) is 0 Å². The predicted octanol–water partition coefficient (Wildman–Crippen LogP) is 2.94. The van der Waals surface area contributed by atoms with Crippen LogP contribution in [0, 0.1) is 0 Å².